The number of aliphatic hydroxyl groups is 1. The second-order valence-electron chi connectivity index (χ2n) is 1.31. The van der Waals surface area contributed by atoms with E-state index in [1.807, 2.05) is 13.8 Å². The lowest BCUT2D eigenvalue weighted by molar-refractivity contribution is 0.431. The van der Waals surface area contributed by atoms with Crippen LogP contribution < -0.4 is 0 Å². The maximum Gasteiger partial charge on any atom is 0.111 e. The molecule has 0 unspecified atom stereocenters. The first-order valence-corrected chi connectivity index (χ1v) is 3.45. The predicted molar refractivity (Wildman–Crippen MR) is 47.1 cm³/mol. The average molecular weight is 140 g/mol. The third-order valence-corrected chi connectivity index (χ3v) is 0.699. The van der Waals surface area contributed by atoms with E-state index in [4.69, 9.17) is 5.11 Å². The largest absolute Gasteiger partial charge is 0.508 e. The topological polar surface area (TPSA) is 20.2 Å². The summed E-state index contributed by atoms with van der Waals surface area (Å²) in [6.45, 7) is 9.21. The molecule has 1 N–H and O–H groups in total. The van der Waals surface area contributed by atoms with Gasteiger partial charge in [0.2, 0.25) is 0 Å². The van der Waals surface area contributed by atoms with Gasteiger partial charge in [-0.15, -0.1) is 0 Å². The first-order chi connectivity index (χ1) is 4.81. The molecule has 0 radical (unpaired) electrons. The van der Waals surface area contributed by atoms with Crippen molar-refractivity contribution in [1.29, 1.82) is 0 Å². The van der Waals surface area contributed by atoms with Crippen LogP contribution >= 0.6 is 0 Å². The maximum absolute atomic E-state index is 8.72. The summed E-state index contributed by atoms with van der Waals surface area (Å²) in [7, 11) is 0. The molecule has 0 aromatic carbocycles. The third-order valence-electron chi connectivity index (χ3n) is 0.699. The first-order valence-electron chi connectivity index (χ1n) is 3.45. The van der Waals surface area contributed by atoms with Crippen molar-refractivity contribution in [1.82, 2.24) is 0 Å². The van der Waals surface area contributed by atoms with E-state index in [-0.39, 0.29) is 5.76 Å². The van der Waals surface area contributed by atoms with Crippen LogP contribution in [0.1, 0.15) is 20.8 Å². The molecular weight excluding hydrogens is 124 g/mol. The Balaban J connectivity index is 0. The van der Waals surface area contributed by atoms with Crippen LogP contribution in [0.2, 0.25) is 0 Å². The van der Waals surface area contributed by atoms with Crippen LogP contribution in [0.5, 0.6) is 0 Å². The normalized spacial score (nSPS) is 10.5. The molecule has 0 amide bonds. The van der Waals surface area contributed by atoms with Gasteiger partial charge in [0, 0.05) is 0 Å². The molecule has 0 aliphatic rings. The molecule has 0 aromatic rings. The number of allylic oxidation sites excluding steroid dienone is 4. The van der Waals surface area contributed by atoms with Gasteiger partial charge in [0.25, 0.3) is 0 Å². The number of aliphatic hydroxyl groups excluding tert-OH is 1. The highest BCUT2D eigenvalue weighted by molar-refractivity contribution is 5.13. The Kier molecular flexibility index (Phi) is 12.8. The van der Waals surface area contributed by atoms with Crippen LogP contribution in [-0.4, -0.2) is 5.11 Å². The minimum atomic E-state index is 0.268. The molecule has 10 heavy (non-hydrogen) atoms. The second-order valence-corrected chi connectivity index (χ2v) is 1.31. The quantitative estimate of drug-likeness (QED) is 0.461. The van der Waals surface area contributed by atoms with Gasteiger partial charge in [-0.1, -0.05) is 32.6 Å². The lowest BCUT2D eigenvalue weighted by atomic mass is 10.4. The highest BCUT2D eigenvalue weighted by atomic mass is 16.3. The molecule has 0 aliphatic carbocycles. The van der Waals surface area contributed by atoms with Crippen molar-refractivity contribution in [2.45, 2.75) is 20.8 Å². The molecule has 0 heterocycles. The van der Waals surface area contributed by atoms with Crippen LogP contribution in [0.25, 0.3) is 0 Å². The minimum Gasteiger partial charge on any atom is -0.508 e. The van der Waals surface area contributed by atoms with Crippen molar-refractivity contribution < 1.29 is 5.11 Å². The van der Waals surface area contributed by atoms with Crippen molar-refractivity contribution in [3.05, 3.63) is 36.6 Å². The van der Waals surface area contributed by atoms with Crippen LogP contribution in [0.4, 0.5) is 0 Å². The van der Waals surface area contributed by atoms with Crippen molar-refractivity contribution in [2.75, 3.05) is 0 Å². The van der Waals surface area contributed by atoms with Gasteiger partial charge in [-0.25, -0.2) is 0 Å². The van der Waals surface area contributed by atoms with Gasteiger partial charge in [0.1, 0.15) is 5.76 Å². The van der Waals surface area contributed by atoms with Crippen molar-refractivity contribution in [2.24, 2.45) is 0 Å². The standard InChI is InChI=1S/C7H10O.C2H6/c1-3-5-6-7(8)4-2;1-2/h3-6,8H,1H2,2H3;1-2H3/b6-5-,7-4+;. The fraction of sp³-hybridized carbons (Fsp3) is 0.333. The summed E-state index contributed by atoms with van der Waals surface area (Å²) in [6, 6.07) is 0. The second kappa shape index (κ2) is 10.9. The molecule has 0 bridgehead atoms. The summed E-state index contributed by atoms with van der Waals surface area (Å²) in [4.78, 5) is 0. The van der Waals surface area contributed by atoms with Crippen LogP contribution in [0.15, 0.2) is 36.6 Å². The van der Waals surface area contributed by atoms with E-state index in [1.165, 1.54) is 0 Å². The van der Waals surface area contributed by atoms with Crippen molar-refractivity contribution in [3.8, 4) is 0 Å². The molecule has 0 aromatic heterocycles. The van der Waals surface area contributed by atoms with E-state index in [9.17, 15) is 0 Å². The molecular formula is C9H16O. The maximum atomic E-state index is 8.72. The smallest absolute Gasteiger partial charge is 0.111 e. The van der Waals surface area contributed by atoms with Crippen LogP contribution in [0, 0.1) is 0 Å². The van der Waals surface area contributed by atoms with E-state index in [2.05, 4.69) is 6.58 Å². The molecule has 0 rings (SSSR count). The van der Waals surface area contributed by atoms with Gasteiger partial charge in [-0.3, -0.25) is 0 Å². The Labute approximate surface area is 63.4 Å². The Morgan fingerprint density at radius 1 is 1.40 bits per heavy atom. The van der Waals surface area contributed by atoms with E-state index in [1.54, 1.807) is 31.2 Å². The Morgan fingerprint density at radius 3 is 2.20 bits per heavy atom. The Hall–Kier alpha value is -0.980. The van der Waals surface area contributed by atoms with Crippen LogP contribution in [0.3, 0.4) is 0 Å². The first kappa shape index (κ1) is 11.8. The predicted octanol–water partition coefficient (Wildman–Crippen LogP) is 3.22. The zero-order valence-electron chi connectivity index (χ0n) is 6.96. The van der Waals surface area contributed by atoms with Crippen molar-refractivity contribution >= 4 is 0 Å². The lowest BCUT2D eigenvalue weighted by Crippen LogP contribution is -1.67. The van der Waals surface area contributed by atoms with E-state index in [0.29, 0.717) is 0 Å². The van der Waals surface area contributed by atoms with Gasteiger partial charge in [-0.05, 0) is 19.1 Å². The fourth-order valence-electron chi connectivity index (χ4n) is 0.263. The van der Waals surface area contributed by atoms with Gasteiger partial charge in [-0.2, -0.15) is 0 Å². The SMILES string of the molecule is C=C/C=C\C(O)=C/C.CC. The minimum absolute atomic E-state index is 0.268. The zero-order valence-corrected chi connectivity index (χ0v) is 6.96. The lowest BCUT2D eigenvalue weighted by Gasteiger charge is -1.82. The summed E-state index contributed by atoms with van der Waals surface area (Å²) < 4.78 is 0. The van der Waals surface area contributed by atoms with Gasteiger partial charge >= 0.3 is 0 Å². The summed E-state index contributed by atoms with van der Waals surface area (Å²) >= 11 is 0. The fourth-order valence-corrected chi connectivity index (χ4v) is 0.263. The third kappa shape index (κ3) is 10.1. The van der Waals surface area contributed by atoms with E-state index in [0.717, 1.165) is 0 Å². The molecule has 0 aliphatic heterocycles. The molecule has 1 heteroatoms. The number of hydrogen-bond acceptors (Lipinski definition) is 1. The summed E-state index contributed by atoms with van der Waals surface area (Å²) in [5.74, 6) is 0.268. The van der Waals surface area contributed by atoms with Gasteiger partial charge < -0.3 is 5.11 Å². The highest BCUT2D eigenvalue weighted by Gasteiger charge is 1.73. The molecule has 0 spiro atoms. The van der Waals surface area contributed by atoms with E-state index >= 15 is 0 Å². The Morgan fingerprint density at radius 2 is 1.90 bits per heavy atom. The summed E-state index contributed by atoms with van der Waals surface area (Å²) in [5.41, 5.74) is 0. The highest BCUT2D eigenvalue weighted by Crippen LogP contribution is 1.88. The molecule has 1 nitrogen and oxygen atoms in total. The number of rotatable bonds is 2. The number of hydrogen-bond donors (Lipinski definition) is 1. The monoisotopic (exact) mass is 140 g/mol. The molecule has 0 atom stereocenters. The van der Waals surface area contributed by atoms with Gasteiger partial charge in [0.15, 0.2) is 0 Å². The van der Waals surface area contributed by atoms with Crippen LogP contribution in [-0.2, 0) is 0 Å². The molecule has 0 saturated carbocycles. The average Bonchev–Trinajstić information content (AvgIpc) is 2.04. The zero-order chi connectivity index (χ0) is 8.41. The molecule has 0 saturated heterocycles. The Bertz CT molecular complexity index is 121. The summed E-state index contributed by atoms with van der Waals surface area (Å²) in [6.07, 6.45) is 6.47. The molecule has 58 valence electrons. The molecule has 0 fully saturated rings. The van der Waals surface area contributed by atoms with Gasteiger partial charge in [0.05, 0.1) is 0 Å². The van der Waals surface area contributed by atoms with E-state index < -0.39 is 0 Å². The summed E-state index contributed by atoms with van der Waals surface area (Å²) in [5, 5.41) is 8.72. The van der Waals surface area contributed by atoms with Crippen molar-refractivity contribution in [3.63, 3.8) is 0 Å².